The van der Waals surface area contributed by atoms with Gasteiger partial charge in [-0.1, -0.05) is 0 Å². The first-order valence-electron chi connectivity index (χ1n) is 3.16. The van der Waals surface area contributed by atoms with E-state index in [1.165, 1.54) is 12.4 Å². The normalized spacial score (nSPS) is 9.73. The molecule has 1 rings (SSSR count). The summed E-state index contributed by atoms with van der Waals surface area (Å²) < 4.78 is 0. The lowest BCUT2D eigenvalue weighted by Gasteiger charge is -1.97. The Bertz CT molecular complexity index is 307. The highest BCUT2D eigenvalue weighted by Gasteiger charge is 2.15. The monoisotopic (exact) mass is 153 g/mol. The summed E-state index contributed by atoms with van der Waals surface area (Å²) in [5, 5.41) is 17.3. The van der Waals surface area contributed by atoms with E-state index >= 15 is 0 Å². The molecular weight excluding hydrogens is 145 g/mol. The minimum absolute atomic E-state index is 0.0231. The Labute approximate surface area is 63.7 Å². The SMILES string of the molecule is Cc1c[nH]cc(B(O)O)c1=O. The van der Waals surface area contributed by atoms with Crippen LogP contribution < -0.4 is 10.9 Å². The fourth-order valence-corrected chi connectivity index (χ4v) is 0.807. The molecule has 0 fully saturated rings. The number of nitrogens with one attached hydrogen (secondary N) is 1. The number of pyridine rings is 1. The van der Waals surface area contributed by atoms with Gasteiger partial charge in [-0.05, 0) is 6.92 Å². The summed E-state index contributed by atoms with van der Waals surface area (Å²) in [6.07, 6.45) is 2.79. The van der Waals surface area contributed by atoms with Gasteiger partial charge in [-0.2, -0.15) is 0 Å². The molecule has 0 unspecified atom stereocenters. The van der Waals surface area contributed by atoms with E-state index in [-0.39, 0.29) is 10.9 Å². The van der Waals surface area contributed by atoms with Gasteiger partial charge < -0.3 is 15.0 Å². The lowest BCUT2D eigenvalue weighted by Crippen LogP contribution is -2.42. The van der Waals surface area contributed by atoms with Crippen LogP contribution in [0.3, 0.4) is 0 Å². The zero-order valence-electron chi connectivity index (χ0n) is 6.03. The summed E-state index contributed by atoms with van der Waals surface area (Å²) in [7, 11) is -1.70. The van der Waals surface area contributed by atoms with Gasteiger partial charge >= 0.3 is 7.12 Å². The number of hydrogen-bond donors (Lipinski definition) is 3. The highest BCUT2D eigenvalue weighted by Crippen LogP contribution is 1.80. The highest BCUT2D eigenvalue weighted by atomic mass is 16.4. The summed E-state index contributed by atoms with van der Waals surface area (Å²) in [6, 6.07) is 0. The van der Waals surface area contributed by atoms with Crippen LogP contribution in [0.4, 0.5) is 0 Å². The van der Waals surface area contributed by atoms with Crippen LogP contribution in [0.25, 0.3) is 0 Å². The highest BCUT2D eigenvalue weighted by molar-refractivity contribution is 6.58. The topological polar surface area (TPSA) is 73.3 Å². The van der Waals surface area contributed by atoms with Gasteiger partial charge in [0, 0.05) is 23.4 Å². The Kier molecular flexibility index (Phi) is 2.12. The van der Waals surface area contributed by atoms with Crippen LogP contribution in [0.2, 0.25) is 0 Å². The van der Waals surface area contributed by atoms with Crippen molar-refractivity contribution in [2.24, 2.45) is 0 Å². The third kappa shape index (κ3) is 1.50. The maximum Gasteiger partial charge on any atom is 0.493 e. The maximum atomic E-state index is 11.1. The van der Waals surface area contributed by atoms with E-state index in [1.807, 2.05) is 0 Å². The summed E-state index contributed by atoms with van der Waals surface area (Å²) in [5.74, 6) is 0. The van der Waals surface area contributed by atoms with E-state index in [1.54, 1.807) is 6.92 Å². The lowest BCUT2D eigenvalue weighted by molar-refractivity contribution is 0.425. The minimum atomic E-state index is -1.70. The third-order valence-corrected chi connectivity index (χ3v) is 1.44. The van der Waals surface area contributed by atoms with Crippen LogP contribution in [-0.4, -0.2) is 22.2 Å². The Balaban J connectivity index is 3.28. The van der Waals surface area contributed by atoms with Crippen LogP contribution >= 0.6 is 0 Å². The average molecular weight is 153 g/mol. The van der Waals surface area contributed by atoms with Crippen molar-refractivity contribution in [3.63, 3.8) is 0 Å². The van der Waals surface area contributed by atoms with Crippen LogP contribution in [0.1, 0.15) is 5.56 Å². The van der Waals surface area contributed by atoms with Gasteiger partial charge in [0.15, 0.2) is 5.43 Å². The van der Waals surface area contributed by atoms with Crippen molar-refractivity contribution in [3.8, 4) is 0 Å². The first-order chi connectivity index (χ1) is 5.13. The molecule has 1 aromatic rings. The Morgan fingerprint density at radius 1 is 1.45 bits per heavy atom. The van der Waals surface area contributed by atoms with Crippen LogP contribution in [0, 0.1) is 6.92 Å². The number of rotatable bonds is 1. The number of H-pyrrole nitrogens is 1. The van der Waals surface area contributed by atoms with Crippen molar-refractivity contribution in [1.82, 2.24) is 4.98 Å². The van der Waals surface area contributed by atoms with E-state index in [0.29, 0.717) is 5.56 Å². The predicted octanol–water partition coefficient (Wildman–Crippen LogP) is -1.64. The van der Waals surface area contributed by atoms with Gasteiger partial charge in [0.25, 0.3) is 0 Å². The molecule has 4 nitrogen and oxygen atoms in total. The van der Waals surface area contributed by atoms with Gasteiger partial charge in [-0.3, -0.25) is 4.79 Å². The van der Waals surface area contributed by atoms with Gasteiger partial charge in [-0.15, -0.1) is 0 Å². The fraction of sp³-hybridized carbons (Fsp3) is 0.167. The van der Waals surface area contributed by atoms with Crippen molar-refractivity contribution < 1.29 is 10.0 Å². The second-order valence-electron chi connectivity index (χ2n) is 2.30. The van der Waals surface area contributed by atoms with Gasteiger partial charge in [0.2, 0.25) is 0 Å². The largest absolute Gasteiger partial charge is 0.493 e. The standard InChI is InChI=1S/C6H8BNO3/c1-4-2-8-3-5(6(4)9)7(10)11/h2-3,10-11H,1H3,(H,8,9). The molecule has 0 saturated carbocycles. The number of aryl methyl sites for hydroxylation is 1. The van der Waals surface area contributed by atoms with Gasteiger partial charge in [0.1, 0.15) is 0 Å². The third-order valence-electron chi connectivity index (χ3n) is 1.44. The average Bonchev–Trinajstić information content (AvgIpc) is 1.94. The predicted molar refractivity (Wildman–Crippen MR) is 41.6 cm³/mol. The van der Waals surface area contributed by atoms with Crippen LogP contribution in [0.15, 0.2) is 17.2 Å². The zero-order valence-corrected chi connectivity index (χ0v) is 6.03. The Hall–Kier alpha value is -1.07. The molecule has 0 saturated heterocycles. The van der Waals surface area contributed by atoms with E-state index in [2.05, 4.69) is 4.98 Å². The zero-order chi connectivity index (χ0) is 8.43. The molecule has 0 radical (unpaired) electrons. The van der Waals surface area contributed by atoms with Crippen molar-refractivity contribution >= 4 is 12.6 Å². The van der Waals surface area contributed by atoms with Crippen molar-refractivity contribution in [2.45, 2.75) is 6.92 Å². The molecule has 0 aliphatic rings. The molecule has 0 amide bonds. The molecule has 1 aromatic heterocycles. The second-order valence-corrected chi connectivity index (χ2v) is 2.30. The molecular formula is C6H8BNO3. The number of hydrogen-bond acceptors (Lipinski definition) is 3. The summed E-state index contributed by atoms with van der Waals surface area (Å²) >= 11 is 0. The van der Waals surface area contributed by atoms with E-state index in [9.17, 15) is 4.79 Å². The van der Waals surface area contributed by atoms with E-state index < -0.39 is 7.12 Å². The molecule has 1 heterocycles. The maximum absolute atomic E-state index is 11.1. The molecule has 0 aliphatic heterocycles. The number of aromatic amines is 1. The molecule has 0 aromatic carbocycles. The van der Waals surface area contributed by atoms with E-state index in [0.717, 1.165) is 0 Å². The summed E-state index contributed by atoms with van der Waals surface area (Å²) in [6.45, 7) is 1.60. The quantitative estimate of drug-likeness (QED) is 0.423. The van der Waals surface area contributed by atoms with Crippen molar-refractivity contribution in [2.75, 3.05) is 0 Å². The Morgan fingerprint density at radius 2 is 2.09 bits per heavy atom. The second kappa shape index (κ2) is 2.90. The number of aromatic nitrogens is 1. The van der Waals surface area contributed by atoms with Crippen molar-refractivity contribution in [1.29, 1.82) is 0 Å². The fourth-order valence-electron chi connectivity index (χ4n) is 0.807. The molecule has 5 heteroatoms. The van der Waals surface area contributed by atoms with Crippen molar-refractivity contribution in [3.05, 3.63) is 28.2 Å². The lowest BCUT2D eigenvalue weighted by atomic mass is 9.81. The molecule has 58 valence electrons. The van der Waals surface area contributed by atoms with Crippen LogP contribution in [-0.2, 0) is 0 Å². The van der Waals surface area contributed by atoms with E-state index in [4.69, 9.17) is 10.0 Å². The molecule has 3 N–H and O–H groups in total. The summed E-state index contributed by atoms with van der Waals surface area (Å²) in [4.78, 5) is 13.7. The molecule has 0 spiro atoms. The first-order valence-corrected chi connectivity index (χ1v) is 3.16. The van der Waals surface area contributed by atoms with Crippen LogP contribution in [0.5, 0.6) is 0 Å². The minimum Gasteiger partial charge on any atom is -0.423 e. The smallest absolute Gasteiger partial charge is 0.423 e. The molecule has 0 atom stereocenters. The van der Waals surface area contributed by atoms with Gasteiger partial charge in [0.05, 0.1) is 0 Å². The Morgan fingerprint density at radius 3 is 2.55 bits per heavy atom. The first kappa shape index (κ1) is 8.04. The molecule has 0 bridgehead atoms. The van der Waals surface area contributed by atoms with Gasteiger partial charge in [-0.25, -0.2) is 0 Å². The molecule has 11 heavy (non-hydrogen) atoms. The molecule has 0 aliphatic carbocycles. The summed E-state index contributed by atoms with van der Waals surface area (Å²) in [5.41, 5.74) is 0.111.